The second-order valence-electron chi connectivity index (χ2n) is 4.40. The molecular formula is C14H11BrClN3O2. The molecule has 0 bridgehead atoms. The number of hydrogen-bond acceptors (Lipinski definition) is 4. The summed E-state index contributed by atoms with van der Waals surface area (Å²) in [5.74, 6) is 0.262. The van der Waals surface area contributed by atoms with E-state index in [1.807, 2.05) is 6.07 Å². The molecule has 0 spiro atoms. The van der Waals surface area contributed by atoms with Gasteiger partial charge in [-0.3, -0.25) is 4.79 Å². The van der Waals surface area contributed by atoms with Crippen molar-refractivity contribution in [3.63, 3.8) is 0 Å². The number of carbonyl (C=O) groups excluding carboxylic acids is 1. The number of halogens is 2. The van der Waals surface area contributed by atoms with Gasteiger partial charge < -0.3 is 15.4 Å². The molecule has 21 heavy (non-hydrogen) atoms. The van der Waals surface area contributed by atoms with Crippen molar-refractivity contribution in [3.8, 4) is 5.75 Å². The molecule has 0 atom stereocenters. The Hall–Kier alpha value is -1.79. The van der Waals surface area contributed by atoms with Crippen molar-refractivity contribution in [1.82, 2.24) is 4.98 Å². The molecule has 0 fully saturated rings. The number of pyridine rings is 1. The van der Waals surface area contributed by atoms with Crippen LogP contribution >= 0.6 is 27.5 Å². The third kappa shape index (κ3) is 2.96. The van der Waals surface area contributed by atoms with Crippen LogP contribution in [0.1, 0.15) is 10.4 Å². The normalized spacial score (nSPS) is 12.9. The van der Waals surface area contributed by atoms with Crippen molar-refractivity contribution in [2.24, 2.45) is 0 Å². The molecule has 0 saturated carbocycles. The average molecular weight is 369 g/mol. The smallest absolute Gasteiger partial charge is 0.259 e. The zero-order valence-electron chi connectivity index (χ0n) is 10.8. The zero-order chi connectivity index (χ0) is 14.8. The number of carbonyl (C=O) groups is 1. The summed E-state index contributed by atoms with van der Waals surface area (Å²) in [6.45, 7) is 1.25. The molecule has 1 aromatic carbocycles. The van der Waals surface area contributed by atoms with Crippen LogP contribution in [0.25, 0.3) is 0 Å². The number of ether oxygens (including phenoxy) is 1. The van der Waals surface area contributed by atoms with E-state index in [0.717, 1.165) is 16.7 Å². The number of amides is 1. The van der Waals surface area contributed by atoms with Gasteiger partial charge in [-0.1, -0.05) is 17.7 Å². The number of hydrogen-bond donors (Lipinski definition) is 2. The maximum absolute atomic E-state index is 12.4. The average Bonchev–Trinajstić information content (AvgIpc) is 2.50. The molecule has 0 unspecified atom stereocenters. The maximum atomic E-state index is 12.4. The van der Waals surface area contributed by atoms with Crippen molar-refractivity contribution in [3.05, 3.63) is 45.7 Å². The summed E-state index contributed by atoms with van der Waals surface area (Å²) in [6.07, 6.45) is 1.56. The van der Waals surface area contributed by atoms with Gasteiger partial charge in [-0.05, 0) is 34.1 Å². The van der Waals surface area contributed by atoms with Gasteiger partial charge in [0.15, 0.2) is 10.9 Å². The number of nitrogens with one attached hydrogen (secondary N) is 2. The quantitative estimate of drug-likeness (QED) is 0.796. The standard InChI is InChI=1S/C14H11BrClN3O2/c15-8-6-11(13(16)18-7-8)19-14(20)9-2-1-3-10-12(9)21-5-4-17-10/h1-3,6-7,17H,4-5H2,(H,19,20). The van der Waals surface area contributed by atoms with Crippen LogP contribution in [0.5, 0.6) is 5.75 Å². The molecule has 0 aliphatic carbocycles. The Morgan fingerprint density at radius 3 is 3.19 bits per heavy atom. The van der Waals surface area contributed by atoms with E-state index in [1.54, 1.807) is 24.4 Å². The maximum Gasteiger partial charge on any atom is 0.259 e. The van der Waals surface area contributed by atoms with Crippen molar-refractivity contribution in [1.29, 1.82) is 0 Å². The summed E-state index contributed by atoms with van der Waals surface area (Å²) in [6, 6.07) is 7.08. The summed E-state index contributed by atoms with van der Waals surface area (Å²) in [7, 11) is 0. The topological polar surface area (TPSA) is 63.2 Å². The van der Waals surface area contributed by atoms with Gasteiger partial charge in [-0.15, -0.1) is 0 Å². The van der Waals surface area contributed by atoms with Gasteiger partial charge in [0.25, 0.3) is 5.91 Å². The molecule has 2 aromatic rings. The van der Waals surface area contributed by atoms with Gasteiger partial charge >= 0.3 is 0 Å². The van der Waals surface area contributed by atoms with Crippen LogP contribution in [0.4, 0.5) is 11.4 Å². The molecule has 2 N–H and O–H groups in total. The van der Waals surface area contributed by atoms with E-state index < -0.39 is 0 Å². The molecule has 108 valence electrons. The van der Waals surface area contributed by atoms with Gasteiger partial charge in [0.1, 0.15) is 6.61 Å². The third-order valence-corrected chi connectivity index (χ3v) is 3.71. The SMILES string of the molecule is O=C(Nc1cc(Br)cnc1Cl)c1cccc2c1OCCN2. The van der Waals surface area contributed by atoms with E-state index in [0.29, 0.717) is 23.6 Å². The molecule has 1 amide bonds. The van der Waals surface area contributed by atoms with E-state index >= 15 is 0 Å². The van der Waals surface area contributed by atoms with Crippen molar-refractivity contribution in [2.45, 2.75) is 0 Å². The first-order chi connectivity index (χ1) is 10.1. The van der Waals surface area contributed by atoms with E-state index in [1.165, 1.54) is 0 Å². The number of nitrogens with zero attached hydrogens (tertiary/aromatic N) is 1. The first-order valence-corrected chi connectivity index (χ1v) is 7.44. The summed E-state index contributed by atoms with van der Waals surface area (Å²) >= 11 is 9.28. The third-order valence-electron chi connectivity index (χ3n) is 2.98. The van der Waals surface area contributed by atoms with E-state index in [2.05, 4.69) is 31.5 Å². The predicted octanol–water partition coefficient (Wildman–Crippen LogP) is 3.55. The first-order valence-electron chi connectivity index (χ1n) is 6.27. The lowest BCUT2D eigenvalue weighted by Crippen LogP contribution is -2.22. The summed E-state index contributed by atoms with van der Waals surface area (Å²) in [5.41, 5.74) is 1.71. The lowest BCUT2D eigenvalue weighted by molar-refractivity contribution is 0.102. The number of para-hydroxylation sites is 1. The van der Waals surface area contributed by atoms with E-state index in [9.17, 15) is 4.79 Å². The summed E-state index contributed by atoms with van der Waals surface area (Å²) in [4.78, 5) is 16.4. The second-order valence-corrected chi connectivity index (χ2v) is 5.68. The highest BCUT2D eigenvalue weighted by Gasteiger charge is 2.19. The minimum Gasteiger partial charge on any atom is -0.489 e. The number of fused-ring (bicyclic) bond motifs is 1. The summed E-state index contributed by atoms with van der Waals surface area (Å²) in [5, 5.41) is 6.17. The highest BCUT2D eigenvalue weighted by atomic mass is 79.9. The van der Waals surface area contributed by atoms with E-state index in [4.69, 9.17) is 16.3 Å². The largest absolute Gasteiger partial charge is 0.489 e. The minimum absolute atomic E-state index is 0.232. The molecule has 5 nitrogen and oxygen atoms in total. The fourth-order valence-corrected chi connectivity index (χ4v) is 2.53. The van der Waals surface area contributed by atoms with Crippen molar-refractivity contribution < 1.29 is 9.53 Å². The molecule has 0 radical (unpaired) electrons. The van der Waals surface area contributed by atoms with Crippen LogP contribution in [0.2, 0.25) is 5.15 Å². The number of anilines is 2. The van der Waals surface area contributed by atoms with Crippen LogP contribution < -0.4 is 15.4 Å². The van der Waals surface area contributed by atoms with Crippen molar-refractivity contribution >= 4 is 44.8 Å². The zero-order valence-corrected chi connectivity index (χ0v) is 13.2. The molecule has 7 heteroatoms. The van der Waals surface area contributed by atoms with Crippen LogP contribution in [0.15, 0.2) is 34.9 Å². The van der Waals surface area contributed by atoms with Gasteiger partial charge in [0.2, 0.25) is 0 Å². The monoisotopic (exact) mass is 367 g/mol. The molecule has 1 aliphatic heterocycles. The fourth-order valence-electron chi connectivity index (χ4n) is 2.05. The van der Waals surface area contributed by atoms with Crippen LogP contribution in [-0.2, 0) is 0 Å². The Balaban J connectivity index is 1.91. The van der Waals surface area contributed by atoms with Gasteiger partial charge in [0, 0.05) is 17.2 Å². The Kier molecular flexibility index (Phi) is 3.98. The van der Waals surface area contributed by atoms with Crippen LogP contribution in [0, 0.1) is 0 Å². The Labute approximate surface area is 134 Å². The van der Waals surface area contributed by atoms with E-state index in [-0.39, 0.29) is 11.1 Å². The Bertz CT molecular complexity index is 709. The Morgan fingerprint density at radius 1 is 1.48 bits per heavy atom. The molecule has 3 rings (SSSR count). The fraction of sp³-hybridized carbons (Fsp3) is 0.143. The van der Waals surface area contributed by atoms with Gasteiger partial charge in [-0.25, -0.2) is 4.98 Å². The number of benzene rings is 1. The number of rotatable bonds is 2. The highest BCUT2D eigenvalue weighted by Crippen LogP contribution is 2.32. The lowest BCUT2D eigenvalue weighted by Gasteiger charge is -2.21. The molecular weight excluding hydrogens is 358 g/mol. The summed E-state index contributed by atoms with van der Waals surface area (Å²) < 4.78 is 6.32. The predicted molar refractivity (Wildman–Crippen MR) is 85.3 cm³/mol. The van der Waals surface area contributed by atoms with Gasteiger partial charge in [-0.2, -0.15) is 0 Å². The lowest BCUT2D eigenvalue weighted by atomic mass is 10.1. The van der Waals surface area contributed by atoms with Gasteiger partial charge in [0.05, 0.1) is 16.9 Å². The molecule has 1 aromatic heterocycles. The van der Waals surface area contributed by atoms with Crippen LogP contribution in [0.3, 0.4) is 0 Å². The molecule has 2 heterocycles. The van der Waals surface area contributed by atoms with Crippen molar-refractivity contribution in [2.75, 3.05) is 23.8 Å². The second kappa shape index (κ2) is 5.91. The molecule has 1 aliphatic rings. The number of aromatic nitrogens is 1. The minimum atomic E-state index is -0.294. The Morgan fingerprint density at radius 2 is 2.33 bits per heavy atom. The molecule has 0 saturated heterocycles. The highest BCUT2D eigenvalue weighted by molar-refractivity contribution is 9.10. The van der Waals surface area contributed by atoms with Crippen LogP contribution in [-0.4, -0.2) is 24.0 Å². The first kappa shape index (κ1) is 14.2.